The van der Waals surface area contributed by atoms with Gasteiger partial charge in [-0.1, -0.05) is 60.7 Å². The number of hydrogen-bond donors (Lipinski definition) is 2. The lowest BCUT2D eigenvalue weighted by atomic mass is 9.97. The quantitative estimate of drug-likeness (QED) is 0.359. The Morgan fingerprint density at radius 2 is 0.904 bits per heavy atom. The average Bonchev–Trinajstić information content (AvgIpc) is 3.16. The molecule has 2 aromatic rings. The summed E-state index contributed by atoms with van der Waals surface area (Å²) in [5, 5.41) is 20.1. The van der Waals surface area contributed by atoms with E-state index < -0.39 is 73.4 Å². The highest BCUT2D eigenvalue weighted by atomic mass is 16.7. The molecule has 3 aliphatic rings. The van der Waals surface area contributed by atoms with Gasteiger partial charge < -0.3 is 67.1 Å². The maximum absolute atomic E-state index is 12.3. The van der Waals surface area contributed by atoms with Crippen LogP contribution in [0.4, 0.5) is 0 Å². The lowest BCUT2D eigenvalue weighted by molar-refractivity contribution is -0.315. The van der Waals surface area contributed by atoms with Crippen molar-refractivity contribution in [2.75, 3.05) is 67.1 Å². The topological polar surface area (TPSA) is 185 Å². The van der Waals surface area contributed by atoms with Gasteiger partial charge >= 0.3 is 11.9 Å². The molecule has 10 atom stereocenters. The highest BCUT2D eigenvalue weighted by Crippen LogP contribution is 2.31. The standard InChI is InChI=1S/C36H48O16/c1-41-35-31-27(25(29(51-35)33(37)38)49-21-23-9-5-3-6-10-23)45-17-13-44-16-20-48-32-28(46-18-14-43-15-19-47-31)26(30(34(39)40)52-36(32)42-2)50-22-24-11-7-4-8-12-24/h3-12,25-32,35-36H,13-22H2,1-2H3,(H,37,38)(H,39,40)/t25-,26-,27-,28-,29-,30-,31+,32+,35-,36-/m0/s1. The molecule has 2 aromatic carbocycles. The molecular formula is C36H48O16. The van der Waals surface area contributed by atoms with Crippen LogP contribution in [-0.2, 0) is 79.6 Å². The maximum atomic E-state index is 12.3. The number of benzene rings is 2. The molecule has 0 spiro atoms. The second-order valence-corrected chi connectivity index (χ2v) is 12.1. The van der Waals surface area contributed by atoms with Gasteiger partial charge in [-0.15, -0.1) is 0 Å². The van der Waals surface area contributed by atoms with Crippen molar-refractivity contribution in [3.8, 4) is 0 Å². The van der Waals surface area contributed by atoms with Gasteiger partial charge in [0.2, 0.25) is 0 Å². The number of carboxylic acid groups (broad SMARTS) is 2. The van der Waals surface area contributed by atoms with Crippen molar-refractivity contribution in [3.63, 3.8) is 0 Å². The lowest BCUT2D eigenvalue weighted by Crippen LogP contribution is -2.63. The predicted molar refractivity (Wildman–Crippen MR) is 177 cm³/mol. The first kappa shape index (κ1) is 40.1. The van der Waals surface area contributed by atoms with Crippen LogP contribution in [0, 0.1) is 0 Å². The van der Waals surface area contributed by atoms with Crippen LogP contribution in [0.1, 0.15) is 11.1 Å². The minimum atomic E-state index is -1.40. The van der Waals surface area contributed by atoms with E-state index >= 15 is 0 Å². The van der Waals surface area contributed by atoms with Crippen molar-refractivity contribution < 1.29 is 76.6 Å². The summed E-state index contributed by atoms with van der Waals surface area (Å²) >= 11 is 0. The fraction of sp³-hybridized carbons (Fsp3) is 0.611. The number of carbonyl (C=O) groups is 2. The first-order chi connectivity index (χ1) is 25.4. The number of fused-ring (bicyclic) bond motifs is 2. The molecule has 0 aliphatic carbocycles. The normalized spacial score (nSPS) is 32.7. The van der Waals surface area contributed by atoms with Gasteiger partial charge in [0.05, 0.1) is 66.1 Å². The monoisotopic (exact) mass is 736 g/mol. The Morgan fingerprint density at radius 1 is 0.558 bits per heavy atom. The Labute approximate surface area is 302 Å². The number of aliphatic carboxylic acids is 2. The lowest BCUT2D eigenvalue weighted by Gasteiger charge is -2.44. The molecule has 0 bridgehead atoms. The van der Waals surface area contributed by atoms with Gasteiger partial charge in [-0.3, -0.25) is 0 Å². The largest absolute Gasteiger partial charge is 0.479 e. The highest BCUT2D eigenvalue weighted by molar-refractivity contribution is 5.74. The molecule has 16 nitrogen and oxygen atoms in total. The van der Waals surface area contributed by atoms with E-state index in [-0.39, 0.29) is 66.1 Å². The van der Waals surface area contributed by atoms with Crippen molar-refractivity contribution in [2.45, 2.75) is 74.6 Å². The Morgan fingerprint density at radius 3 is 1.23 bits per heavy atom. The van der Waals surface area contributed by atoms with E-state index in [4.69, 9.17) is 56.8 Å². The molecule has 16 heteroatoms. The molecule has 3 heterocycles. The summed E-state index contributed by atoms with van der Waals surface area (Å²) in [7, 11) is 2.78. The summed E-state index contributed by atoms with van der Waals surface area (Å²) in [6.45, 7) is 0.880. The number of hydrogen-bond acceptors (Lipinski definition) is 14. The molecule has 288 valence electrons. The molecule has 0 unspecified atom stereocenters. The Kier molecular flexibility index (Phi) is 16.2. The molecule has 0 amide bonds. The number of rotatable bonds is 10. The summed E-state index contributed by atoms with van der Waals surface area (Å²) in [6, 6.07) is 18.7. The van der Waals surface area contributed by atoms with Gasteiger partial charge in [-0.2, -0.15) is 0 Å². The maximum Gasteiger partial charge on any atom is 0.335 e. The first-order valence-electron chi connectivity index (χ1n) is 17.2. The Hall–Kier alpha value is -3.10. The average molecular weight is 737 g/mol. The third-order valence-electron chi connectivity index (χ3n) is 8.66. The van der Waals surface area contributed by atoms with E-state index in [0.29, 0.717) is 0 Å². The first-order valence-corrected chi connectivity index (χ1v) is 17.2. The Balaban J connectivity index is 1.28. The summed E-state index contributed by atoms with van der Waals surface area (Å²) in [5.74, 6) is -2.47. The fourth-order valence-corrected chi connectivity index (χ4v) is 6.20. The molecular weight excluding hydrogens is 688 g/mol. The van der Waals surface area contributed by atoms with Gasteiger partial charge in [0, 0.05) is 14.2 Å². The summed E-state index contributed by atoms with van der Waals surface area (Å²) in [6.07, 6.45) is -10.7. The molecule has 0 aromatic heterocycles. The van der Waals surface area contributed by atoms with Gasteiger partial charge in [-0.25, -0.2) is 9.59 Å². The Bertz CT molecular complexity index is 1230. The smallest absolute Gasteiger partial charge is 0.335 e. The van der Waals surface area contributed by atoms with E-state index in [1.54, 1.807) is 0 Å². The van der Waals surface area contributed by atoms with Crippen LogP contribution in [0.5, 0.6) is 0 Å². The molecule has 3 aliphatic heterocycles. The second kappa shape index (κ2) is 21.0. The van der Waals surface area contributed by atoms with Crippen LogP contribution in [0.15, 0.2) is 60.7 Å². The fourth-order valence-electron chi connectivity index (χ4n) is 6.20. The summed E-state index contributed by atoms with van der Waals surface area (Å²) in [5.41, 5.74) is 1.68. The van der Waals surface area contributed by atoms with Gasteiger partial charge in [0.15, 0.2) is 24.8 Å². The van der Waals surface area contributed by atoms with E-state index in [1.165, 1.54) is 14.2 Å². The molecule has 5 rings (SSSR count). The van der Waals surface area contributed by atoms with Crippen LogP contribution in [-0.4, -0.2) is 151 Å². The molecule has 0 saturated carbocycles. The van der Waals surface area contributed by atoms with Crippen LogP contribution in [0.2, 0.25) is 0 Å². The van der Waals surface area contributed by atoms with Crippen LogP contribution >= 0.6 is 0 Å². The minimum Gasteiger partial charge on any atom is -0.479 e. The molecule has 2 N–H and O–H groups in total. The highest BCUT2D eigenvalue weighted by Gasteiger charge is 2.52. The zero-order chi connectivity index (χ0) is 36.7. The summed E-state index contributed by atoms with van der Waals surface area (Å²) in [4.78, 5) is 24.7. The van der Waals surface area contributed by atoms with Crippen molar-refractivity contribution in [1.29, 1.82) is 0 Å². The molecule has 3 fully saturated rings. The number of ether oxygens (including phenoxy) is 12. The molecule has 0 radical (unpaired) electrons. The van der Waals surface area contributed by atoms with E-state index in [1.807, 2.05) is 60.7 Å². The number of carboxylic acids is 2. The predicted octanol–water partition coefficient (Wildman–Crippen LogP) is 1.66. The van der Waals surface area contributed by atoms with Crippen molar-refractivity contribution in [2.24, 2.45) is 0 Å². The van der Waals surface area contributed by atoms with Crippen LogP contribution < -0.4 is 0 Å². The van der Waals surface area contributed by atoms with Crippen molar-refractivity contribution in [3.05, 3.63) is 71.8 Å². The van der Waals surface area contributed by atoms with Gasteiger partial charge in [0.25, 0.3) is 0 Å². The van der Waals surface area contributed by atoms with E-state index in [9.17, 15) is 19.8 Å². The third-order valence-corrected chi connectivity index (χ3v) is 8.66. The van der Waals surface area contributed by atoms with E-state index in [2.05, 4.69) is 0 Å². The van der Waals surface area contributed by atoms with Crippen LogP contribution in [0.25, 0.3) is 0 Å². The zero-order valence-electron chi connectivity index (χ0n) is 29.2. The van der Waals surface area contributed by atoms with Crippen molar-refractivity contribution >= 4 is 11.9 Å². The SMILES string of the molecule is CO[C@H]1O[C@H](C(=O)O)[C@@H](OCc2ccccc2)[C@@H]2OCCOCCO[C@H]3[C@@H](OC)O[C@H](C(=O)O)[C@@H](OCc4ccccc4)[C@@H]3OCCOCCO[C@@H]12. The summed E-state index contributed by atoms with van der Waals surface area (Å²) < 4.78 is 71.3. The zero-order valence-corrected chi connectivity index (χ0v) is 29.2. The number of methoxy groups -OCH3 is 2. The third kappa shape index (κ3) is 11.0. The van der Waals surface area contributed by atoms with Gasteiger partial charge in [-0.05, 0) is 11.1 Å². The molecule has 3 saturated heterocycles. The molecule has 52 heavy (non-hydrogen) atoms. The van der Waals surface area contributed by atoms with Crippen molar-refractivity contribution in [1.82, 2.24) is 0 Å². The van der Waals surface area contributed by atoms with E-state index in [0.717, 1.165) is 11.1 Å². The van der Waals surface area contributed by atoms with Gasteiger partial charge in [0.1, 0.15) is 36.6 Å². The minimum absolute atomic E-state index is 0.0453. The second-order valence-electron chi connectivity index (χ2n) is 12.1. The van der Waals surface area contributed by atoms with Crippen LogP contribution in [0.3, 0.4) is 0 Å².